The number of furan rings is 1. The average molecular weight is 352 g/mol. The van der Waals surface area contributed by atoms with Gasteiger partial charge in [-0.15, -0.1) is 0 Å². The maximum atomic E-state index is 12.4. The van der Waals surface area contributed by atoms with Crippen molar-refractivity contribution in [3.05, 3.63) is 54.4 Å². The first kappa shape index (κ1) is 16.4. The van der Waals surface area contributed by atoms with Gasteiger partial charge in [0.05, 0.1) is 12.4 Å². The van der Waals surface area contributed by atoms with E-state index in [1.54, 1.807) is 31.6 Å². The molecular weight excluding hydrogens is 332 g/mol. The summed E-state index contributed by atoms with van der Waals surface area (Å²) in [6, 6.07) is 13.1. The van der Waals surface area contributed by atoms with E-state index >= 15 is 0 Å². The molecule has 3 heterocycles. The first-order valence-electron chi connectivity index (χ1n) is 8.51. The number of amides is 1. The first-order chi connectivity index (χ1) is 12.7. The van der Waals surface area contributed by atoms with Gasteiger partial charge in [-0.1, -0.05) is 0 Å². The minimum Gasteiger partial charge on any atom is -0.463 e. The minimum atomic E-state index is -0.271. The van der Waals surface area contributed by atoms with Crippen LogP contribution in [0.4, 0.5) is 11.4 Å². The molecule has 1 aromatic carbocycles. The van der Waals surface area contributed by atoms with Crippen LogP contribution in [0, 0.1) is 0 Å². The second-order valence-electron chi connectivity index (χ2n) is 6.24. The van der Waals surface area contributed by atoms with Crippen LogP contribution in [0.5, 0.6) is 0 Å². The fraction of sp³-hybridized carbons (Fsp3) is 0.263. The smallest absolute Gasteiger partial charge is 0.276 e. The molecule has 7 heteroatoms. The van der Waals surface area contributed by atoms with Gasteiger partial charge in [-0.25, -0.2) is 0 Å². The third-order valence-electron chi connectivity index (χ3n) is 4.57. The van der Waals surface area contributed by atoms with Crippen molar-refractivity contribution in [1.29, 1.82) is 0 Å². The van der Waals surface area contributed by atoms with Crippen LogP contribution in [0.2, 0.25) is 0 Å². The van der Waals surface area contributed by atoms with Gasteiger partial charge in [-0.05, 0) is 42.8 Å². The Balaban J connectivity index is 1.40. The highest BCUT2D eigenvalue weighted by molar-refractivity contribution is 6.03. The number of nitrogens with zero attached hydrogens (tertiary/aromatic N) is 2. The Labute approximate surface area is 151 Å². The summed E-state index contributed by atoms with van der Waals surface area (Å²) in [6.45, 7) is 1.87. The Morgan fingerprint density at radius 1 is 1.35 bits per heavy atom. The van der Waals surface area contributed by atoms with Crippen molar-refractivity contribution >= 4 is 17.3 Å². The summed E-state index contributed by atoms with van der Waals surface area (Å²) in [4.78, 5) is 14.6. The molecule has 26 heavy (non-hydrogen) atoms. The molecule has 0 spiro atoms. The third kappa shape index (κ3) is 3.34. The van der Waals surface area contributed by atoms with Crippen LogP contribution < -0.4 is 10.2 Å². The number of rotatable bonds is 5. The molecule has 1 fully saturated rings. The monoisotopic (exact) mass is 352 g/mol. The first-order valence-corrected chi connectivity index (χ1v) is 8.51. The Kier molecular flexibility index (Phi) is 4.45. The molecule has 1 atom stereocenters. The van der Waals surface area contributed by atoms with Crippen molar-refractivity contribution in [3.8, 4) is 11.5 Å². The van der Waals surface area contributed by atoms with E-state index in [4.69, 9.17) is 9.15 Å². The van der Waals surface area contributed by atoms with E-state index in [1.165, 1.54) is 0 Å². The van der Waals surface area contributed by atoms with Crippen molar-refractivity contribution in [2.24, 2.45) is 0 Å². The molecule has 0 radical (unpaired) electrons. The highest BCUT2D eigenvalue weighted by Crippen LogP contribution is 2.24. The number of carbonyl (C=O) groups excluding carboxylic acids is 1. The molecule has 2 aromatic heterocycles. The van der Waals surface area contributed by atoms with Crippen LogP contribution in [0.3, 0.4) is 0 Å². The lowest BCUT2D eigenvalue weighted by molar-refractivity contribution is 0.102. The lowest BCUT2D eigenvalue weighted by Crippen LogP contribution is -2.22. The molecule has 0 saturated carbocycles. The molecule has 7 nitrogen and oxygen atoms in total. The molecule has 1 unspecified atom stereocenters. The number of hydrogen-bond donors (Lipinski definition) is 2. The van der Waals surface area contributed by atoms with Gasteiger partial charge in [0, 0.05) is 37.6 Å². The summed E-state index contributed by atoms with van der Waals surface area (Å²) in [5, 5.41) is 9.71. The lowest BCUT2D eigenvalue weighted by Gasteiger charge is -2.18. The number of hydrogen-bond acceptors (Lipinski definition) is 5. The highest BCUT2D eigenvalue weighted by atomic mass is 16.5. The second-order valence-corrected chi connectivity index (χ2v) is 6.24. The quantitative estimate of drug-likeness (QED) is 0.737. The molecule has 1 amide bonds. The fourth-order valence-electron chi connectivity index (χ4n) is 3.10. The molecular formula is C19H20N4O3. The highest BCUT2D eigenvalue weighted by Gasteiger charge is 2.22. The molecule has 0 bridgehead atoms. The zero-order valence-electron chi connectivity index (χ0n) is 14.4. The van der Waals surface area contributed by atoms with E-state index in [-0.39, 0.29) is 12.0 Å². The van der Waals surface area contributed by atoms with Crippen LogP contribution in [-0.4, -0.2) is 42.4 Å². The minimum absolute atomic E-state index is 0.271. The summed E-state index contributed by atoms with van der Waals surface area (Å²) in [5.74, 6) is 0.369. The number of aromatic nitrogens is 2. The van der Waals surface area contributed by atoms with Crippen LogP contribution in [-0.2, 0) is 4.74 Å². The van der Waals surface area contributed by atoms with Crippen LogP contribution in [0.15, 0.2) is 53.1 Å². The fourth-order valence-corrected chi connectivity index (χ4v) is 3.10. The maximum absolute atomic E-state index is 12.4. The Morgan fingerprint density at radius 2 is 2.19 bits per heavy atom. The average Bonchev–Trinajstić information content (AvgIpc) is 3.42. The molecule has 134 valence electrons. The van der Waals surface area contributed by atoms with Gasteiger partial charge in [-0.2, -0.15) is 5.10 Å². The number of H-pyrrole nitrogens is 1. The standard InChI is InChI=1S/C19H20N4O3/c1-25-15-8-9-23(12-15)14-6-4-13(5-7-14)20-19(24)17-11-16(21-22-17)18-3-2-10-26-18/h2-7,10-11,15H,8-9,12H2,1H3,(H,20,24)(H,21,22). The van der Waals surface area contributed by atoms with E-state index in [2.05, 4.69) is 20.4 Å². The van der Waals surface area contributed by atoms with E-state index < -0.39 is 0 Å². The third-order valence-corrected chi connectivity index (χ3v) is 4.57. The molecule has 1 aliphatic rings. The summed E-state index contributed by atoms with van der Waals surface area (Å²) >= 11 is 0. The van der Waals surface area contributed by atoms with E-state index in [1.807, 2.05) is 24.3 Å². The molecule has 4 rings (SSSR count). The largest absolute Gasteiger partial charge is 0.463 e. The number of anilines is 2. The van der Waals surface area contributed by atoms with Crippen molar-refractivity contribution in [3.63, 3.8) is 0 Å². The molecule has 2 N–H and O–H groups in total. The number of methoxy groups -OCH3 is 1. The molecule has 3 aromatic rings. The second kappa shape index (κ2) is 7.05. The Bertz CT molecular complexity index is 871. The normalized spacial score (nSPS) is 16.8. The van der Waals surface area contributed by atoms with E-state index in [9.17, 15) is 4.79 Å². The molecule has 0 aliphatic carbocycles. The van der Waals surface area contributed by atoms with Crippen molar-refractivity contribution in [1.82, 2.24) is 10.2 Å². The van der Waals surface area contributed by atoms with Crippen molar-refractivity contribution in [2.75, 3.05) is 30.4 Å². The number of benzene rings is 1. The summed E-state index contributed by atoms with van der Waals surface area (Å²) in [5.41, 5.74) is 2.83. The Hall–Kier alpha value is -3.06. The van der Waals surface area contributed by atoms with Gasteiger partial charge in [0.15, 0.2) is 11.5 Å². The lowest BCUT2D eigenvalue weighted by atomic mass is 10.2. The van der Waals surface area contributed by atoms with Gasteiger partial charge >= 0.3 is 0 Å². The maximum Gasteiger partial charge on any atom is 0.276 e. The van der Waals surface area contributed by atoms with Crippen molar-refractivity contribution in [2.45, 2.75) is 12.5 Å². The summed E-state index contributed by atoms with van der Waals surface area (Å²) in [7, 11) is 1.75. The van der Waals surface area contributed by atoms with Gasteiger partial charge < -0.3 is 19.4 Å². The number of nitrogens with one attached hydrogen (secondary N) is 2. The summed E-state index contributed by atoms with van der Waals surface area (Å²) < 4.78 is 10.7. The Morgan fingerprint density at radius 3 is 2.88 bits per heavy atom. The van der Waals surface area contributed by atoms with Crippen molar-refractivity contribution < 1.29 is 13.9 Å². The predicted molar refractivity (Wildman–Crippen MR) is 98.3 cm³/mol. The number of carbonyl (C=O) groups is 1. The SMILES string of the molecule is COC1CCN(c2ccc(NC(=O)c3cc(-c4ccco4)[nH]n3)cc2)C1. The summed E-state index contributed by atoms with van der Waals surface area (Å²) in [6.07, 6.45) is 2.90. The van der Waals surface area contributed by atoms with Gasteiger partial charge in [0.1, 0.15) is 5.69 Å². The van der Waals surface area contributed by atoms with Crippen LogP contribution in [0.1, 0.15) is 16.9 Å². The van der Waals surface area contributed by atoms with Crippen LogP contribution in [0.25, 0.3) is 11.5 Å². The number of aromatic amines is 1. The topological polar surface area (TPSA) is 83.4 Å². The van der Waals surface area contributed by atoms with Gasteiger partial charge in [0.25, 0.3) is 5.91 Å². The molecule has 1 aliphatic heterocycles. The number of ether oxygens (including phenoxy) is 1. The zero-order valence-corrected chi connectivity index (χ0v) is 14.4. The van der Waals surface area contributed by atoms with Crippen LogP contribution >= 0.6 is 0 Å². The predicted octanol–water partition coefficient (Wildman–Crippen LogP) is 3.15. The zero-order chi connectivity index (χ0) is 17.9. The van der Waals surface area contributed by atoms with Gasteiger partial charge in [-0.3, -0.25) is 9.89 Å². The van der Waals surface area contributed by atoms with E-state index in [0.717, 1.165) is 30.9 Å². The van der Waals surface area contributed by atoms with E-state index in [0.29, 0.717) is 17.1 Å². The van der Waals surface area contributed by atoms with Gasteiger partial charge in [0.2, 0.25) is 0 Å². The molecule has 1 saturated heterocycles.